The Hall–Kier alpha value is -1.10. The van der Waals surface area contributed by atoms with E-state index in [-0.39, 0.29) is 5.91 Å². The number of halogens is 1. The van der Waals surface area contributed by atoms with Crippen LogP contribution in [0.15, 0.2) is 16.7 Å². The zero-order valence-corrected chi connectivity index (χ0v) is 13.6. The van der Waals surface area contributed by atoms with E-state index < -0.39 is 0 Å². The second-order valence-corrected chi connectivity index (χ2v) is 6.10. The quantitative estimate of drug-likeness (QED) is 0.909. The van der Waals surface area contributed by atoms with E-state index in [1.54, 1.807) is 6.20 Å². The van der Waals surface area contributed by atoms with E-state index in [0.29, 0.717) is 11.4 Å². The number of hydrogen-bond donors (Lipinski definition) is 1. The maximum Gasteiger partial charge on any atom is 0.257 e. The minimum atomic E-state index is 0.0966. The maximum absolute atomic E-state index is 12.7. The SMILES string of the molecule is CCCNc1ncc(Br)cc1C(=O)N1CCCCCC1. The van der Waals surface area contributed by atoms with Gasteiger partial charge in [-0.25, -0.2) is 4.98 Å². The fourth-order valence-electron chi connectivity index (χ4n) is 2.43. The number of nitrogens with zero attached hydrogens (tertiary/aromatic N) is 2. The number of hydrogen-bond acceptors (Lipinski definition) is 3. The van der Waals surface area contributed by atoms with Gasteiger partial charge in [0.05, 0.1) is 5.56 Å². The first-order valence-corrected chi connectivity index (χ1v) is 8.20. The summed E-state index contributed by atoms with van der Waals surface area (Å²) in [6, 6.07) is 1.87. The van der Waals surface area contributed by atoms with Gasteiger partial charge in [0.15, 0.2) is 0 Å². The fourth-order valence-corrected chi connectivity index (χ4v) is 2.76. The average molecular weight is 340 g/mol. The highest BCUT2D eigenvalue weighted by molar-refractivity contribution is 9.10. The van der Waals surface area contributed by atoms with Gasteiger partial charge in [-0.15, -0.1) is 0 Å². The third kappa shape index (κ3) is 3.95. The van der Waals surface area contributed by atoms with Crippen LogP contribution in [-0.2, 0) is 0 Å². The van der Waals surface area contributed by atoms with E-state index in [1.807, 2.05) is 11.0 Å². The lowest BCUT2D eigenvalue weighted by Gasteiger charge is -2.21. The number of amides is 1. The van der Waals surface area contributed by atoms with Crippen molar-refractivity contribution in [2.75, 3.05) is 25.0 Å². The molecule has 1 N–H and O–H groups in total. The maximum atomic E-state index is 12.7. The number of anilines is 1. The Morgan fingerprint density at radius 2 is 2.05 bits per heavy atom. The van der Waals surface area contributed by atoms with Crippen molar-refractivity contribution in [2.24, 2.45) is 0 Å². The molecule has 1 amide bonds. The molecule has 0 radical (unpaired) electrons. The molecule has 1 saturated heterocycles. The predicted molar refractivity (Wildman–Crippen MR) is 85.1 cm³/mol. The molecule has 4 nitrogen and oxygen atoms in total. The van der Waals surface area contributed by atoms with E-state index in [4.69, 9.17) is 0 Å². The molecule has 0 spiro atoms. The van der Waals surface area contributed by atoms with Crippen LogP contribution in [-0.4, -0.2) is 35.4 Å². The molecule has 1 aliphatic heterocycles. The molecule has 0 aliphatic carbocycles. The molecule has 1 aromatic heterocycles. The summed E-state index contributed by atoms with van der Waals surface area (Å²) in [6.45, 7) is 4.65. The molecule has 0 saturated carbocycles. The van der Waals surface area contributed by atoms with Crippen LogP contribution >= 0.6 is 15.9 Å². The molecular formula is C15H22BrN3O. The van der Waals surface area contributed by atoms with Gasteiger partial charge in [-0.1, -0.05) is 19.8 Å². The lowest BCUT2D eigenvalue weighted by atomic mass is 10.2. The van der Waals surface area contributed by atoms with Gasteiger partial charge in [-0.3, -0.25) is 4.79 Å². The van der Waals surface area contributed by atoms with Crippen molar-refractivity contribution < 1.29 is 4.79 Å². The summed E-state index contributed by atoms with van der Waals surface area (Å²) in [6.07, 6.45) is 7.39. The average Bonchev–Trinajstić information content (AvgIpc) is 2.74. The molecule has 1 fully saturated rings. The number of likely N-dealkylation sites (tertiary alicyclic amines) is 1. The lowest BCUT2D eigenvalue weighted by molar-refractivity contribution is 0.0762. The Kier molecular flexibility index (Phi) is 5.83. The Morgan fingerprint density at radius 1 is 1.35 bits per heavy atom. The van der Waals surface area contributed by atoms with Crippen LogP contribution < -0.4 is 5.32 Å². The number of rotatable bonds is 4. The van der Waals surface area contributed by atoms with Gasteiger partial charge in [0.1, 0.15) is 5.82 Å². The molecule has 2 heterocycles. The molecule has 20 heavy (non-hydrogen) atoms. The van der Waals surface area contributed by atoms with E-state index in [1.165, 1.54) is 12.8 Å². The summed E-state index contributed by atoms with van der Waals surface area (Å²) < 4.78 is 0.845. The van der Waals surface area contributed by atoms with Crippen molar-refractivity contribution in [1.82, 2.24) is 9.88 Å². The molecule has 1 aliphatic rings. The first-order chi connectivity index (χ1) is 9.72. The third-order valence-electron chi connectivity index (χ3n) is 3.52. The van der Waals surface area contributed by atoms with Crippen LogP contribution in [0, 0.1) is 0 Å². The van der Waals surface area contributed by atoms with Crippen molar-refractivity contribution >= 4 is 27.7 Å². The number of nitrogens with one attached hydrogen (secondary N) is 1. The Labute approximate surface area is 129 Å². The topological polar surface area (TPSA) is 45.2 Å². The van der Waals surface area contributed by atoms with Crippen LogP contribution in [0.5, 0.6) is 0 Å². The first-order valence-electron chi connectivity index (χ1n) is 7.41. The number of pyridine rings is 1. The monoisotopic (exact) mass is 339 g/mol. The highest BCUT2D eigenvalue weighted by Crippen LogP contribution is 2.21. The number of carbonyl (C=O) groups is 1. The van der Waals surface area contributed by atoms with Crippen molar-refractivity contribution in [2.45, 2.75) is 39.0 Å². The molecule has 0 atom stereocenters. The van der Waals surface area contributed by atoms with Gasteiger partial charge in [0.25, 0.3) is 5.91 Å². The zero-order chi connectivity index (χ0) is 14.4. The largest absolute Gasteiger partial charge is 0.369 e. The minimum Gasteiger partial charge on any atom is -0.369 e. The fraction of sp³-hybridized carbons (Fsp3) is 0.600. The van der Waals surface area contributed by atoms with Crippen molar-refractivity contribution in [3.63, 3.8) is 0 Å². The predicted octanol–water partition coefficient (Wildman–Crippen LogP) is 3.68. The Bertz CT molecular complexity index is 456. The van der Waals surface area contributed by atoms with E-state index >= 15 is 0 Å². The van der Waals surface area contributed by atoms with E-state index in [9.17, 15) is 4.79 Å². The molecule has 0 bridgehead atoms. The molecule has 0 aromatic carbocycles. The summed E-state index contributed by atoms with van der Waals surface area (Å²) >= 11 is 3.41. The zero-order valence-electron chi connectivity index (χ0n) is 12.0. The first kappa shape index (κ1) is 15.3. The standard InChI is InChI=1S/C15H22BrN3O/c1-2-7-17-14-13(10-12(16)11-18-14)15(20)19-8-5-3-4-6-9-19/h10-11H,2-9H2,1H3,(H,17,18). The van der Waals surface area contributed by atoms with Gasteiger partial charge in [-0.2, -0.15) is 0 Å². The molecule has 1 aromatic rings. The highest BCUT2D eigenvalue weighted by atomic mass is 79.9. The molecule has 2 rings (SSSR count). The van der Waals surface area contributed by atoms with Crippen LogP contribution in [0.1, 0.15) is 49.4 Å². The summed E-state index contributed by atoms with van der Waals surface area (Å²) in [4.78, 5) is 19.0. The van der Waals surface area contributed by atoms with Gasteiger partial charge in [0.2, 0.25) is 0 Å². The highest BCUT2D eigenvalue weighted by Gasteiger charge is 2.21. The number of carbonyl (C=O) groups excluding carboxylic acids is 1. The molecule has 5 heteroatoms. The van der Waals surface area contributed by atoms with Crippen LogP contribution in [0.4, 0.5) is 5.82 Å². The second kappa shape index (κ2) is 7.62. The third-order valence-corrected chi connectivity index (χ3v) is 3.95. The lowest BCUT2D eigenvalue weighted by Crippen LogP contribution is -2.32. The molecule has 110 valence electrons. The number of aromatic nitrogens is 1. The minimum absolute atomic E-state index is 0.0966. The Balaban J connectivity index is 2.20. The second-order valence-electron chi connectivity index (χ2n) is 5.18. The van der Waals surface area contributed by atoms with Crippen molar-refractivity contribution in [3.05, 3.63) is 22.3 Å². The summed E-state index contributed by atoms with van der Waals surface area (Å²) in [5.74, 6) is 0.795. The smallest absolute Gasteiger partial charge is 0.257 e. The van der Waals surface area contributed by atoms with Gasteiger partial charge < -0.3 is 10.2 Å². The van der Waals surface area contributed by atoms with Crippen molar-refractivity contribution in [1.29, 1.82) is 0 Å². The normalized spacial score (nSPS) is 15.8. The summed E-state index contributed by atoms with van der Waals surface area (Å²) in [7, 11) is 0. The molecular weight excluding hydrogens is 318 g/mol. The van der Waals surface area contributed by atoms with Crippen LogP contribution in [0.25, 0.3) is 0 Å². The molecule has 0 unspecified atom stereocenters. The van der Waals surface area contributed by atoms with Crippen LogP contribution in [0.2, 0.25) is 0 Å². The summed E-state index contributed by atoms with van der Waals surface area (Å²) in [5.41, 5.74) is 0.676. The van der Waals surface area contributed by atoms with Gasteiger partial charge in [0, 0.05) is 30.3 Å². The van der Waals surface area contributed by atoms with Gasteiger partial charge in [-0.05, 0) is 41.3 Å². The summed E-state index contributed by atoms with van der Waals surface area (Å²) in [5, 5.41) is 3.25. The van der Waals surface area contributed by atoms with E-state index in [2.05, 4.69) is 33.2 Å². The van der Waals surface area contributed by atoms with Gasteiger partial charge >= 0.3 is 0 Å². The Morgan fingerprint density at radius 3 is 2.70 bits per heavy atom. The van der Waals surface area contributed by atoms with Crippen molar-refractivity contribution in [3.8, 4) is 0 Å². The van der Waals surface area contributed by atoms with Crippen LogP contribution in [0.3, 0.4) is 0 Å². The van der Waals surface area contributed by atoms with E-state index in [0.717, 1.165) is 43.4 Å².